The second-order valence-electron chi connectivity index (χ2n) is 6.36. The lowest BCUT2D eigenvalue weighted by Crippen LogP contribution is -2.39. The van der Waals surface area contributed by atoms with Gasteiger partial charge in [0, 0.05) is 24.4 Å². The quantitative estimate of drug-likeness (QED) is 0.617. The molecule has 1 heterocycles. The van der Waals surface area contributed by atoms with Crippen LogP contribution < -0.4 is 9.64 Å². The van der Waals surface area contributed by atoms with E-state index in [1.807, 2.05) is 32.0 Å². The second-order valence-corrected chi connectivity index (χ2v) is 6.36. The third kappa shape index (κ3) is 2.73. The number of hydrogen-bond donors (Lipinski definition) is 0. The maximum Gasteiger partial charge on any atom is 0.269 e. The molecular formula is C19H20N2O4. The summed E-state index contributed by atoms with van der Waals surface area (Å²) in [5.74, 6) is 0.746. The summed E-state index contributed by atoms with van der Waals surface area (Å²) >= 11 is 0. The van der Waals surface area contributed by atoms with Gasteiger partial charge >= 0.3 is 0 Å². The Balaban J connectivity index is 2.02. The molecule has 0 unspecified atom stereocenters. The van der Waals surface area contributed by atoms with Crippen molar-refractivity contribution in [2.24, 2.45) is 0 Å². The molecule has 0 saturated carbocycles. The Morgan fingerprint density at radius 2 is 1.88 bits per heavy atom. The van der Waals surface area contributed by atoms with E-state index in [-0.39, 0.29) is 11.6 Å². The van der Waals surface area contributed by atoms with Crippen molar-refractivity contribution in [3.63, 3.8) is 0 Å². The van der Waals surface area contributed by atoms with E-state index in [0.29, 0.717) is 18.7 Å². The standard InChI is InChI=1S/C19H20N2O4/c1-4-20-17-10-9-15(25-3)11-16(17)19(2,18(20)22)12-13-5-7-14(8-6-13)21(23)24/h5-11H,4,12H2,1-3H3/t19-/m0/s1. The van der Waals surface area contributed by atoms with Crippen LogP contribution in [0.5, 0.6) is 5.75 Å². The largest absolute Gasteiger partial charge is 0.497 e. The van der Waals surface area contributed by atoms with E-state index in [2.05, 4.69) is 0 Å². The van der Waals surface area contributed by atoms with E-state index in [1.54, 1.807) is 24.1 Å². The molecule has 1 aliphatic rings. The number of benzene rings is 2. The van der Waals surface area contributed by atoms with Gasteiger partial charge in [-0.1, -0.05) is 12.1 Å². The summed E-state index contributed by atoms with van der Waals surface area (Å²) < 4.78 is 5.32. The Labute approximate surface area is 146 Å². The van der Waals surface area contributed by atoms with Gasteiger partial charge in [-0.2, -0.15) is 0 Å². The number of nitro groups is 1. The van der Waals surface area contributed by atoms with Crippen LogP contribution in [-0.2, 0) is 16.6 Å². The molecular weight excluding hydrogens is 320 g/mol. The lowest BCUT2D eigenvalue weighted by atomic mass is 9.78. The summed E-state index contributed by atoms with van der Waals surface area (Å²) in [4.78, 5) is 25.2. The van der Waals surface area contributed by atoms with Gasteiger partial charge in [0.15, 0.2) is 0 Å². The highest BCUT2D eigenvalue weighted by atomic mass is 16.6. The lowest BCUT2D eigenvalue weighted by molar-refractivity contribution is -0.384. The number of amides is 1. The molecule has 1 aliphatic heterocycles. The number of nitrogens with zero attached hydrogens (tertiary/aromatic N) is 2. The molecule has 2 aromatic carbocycles. The fourth-order valence-corrected chi connectivity index (χ4v) is 3.47. The molecule has 0 fully saturated rings. The Morgan fingerprint density at radius 3 is 2.44 bits per heavy atom. The summed E-state index contributed by atoms with van der Waals surface area (Å²) in [6.45, 7) is 4.46. The minimum absolute atomic E-state index is 0.0385. The van der Waals surface area contributed by atoms with Crippen LogP contribution in [0.3, 0.4) is 0 Å². The van der Waals surface area contributed by atoms with E-state index in [9.17, 15) is 14.9 Å². The summed E-state index contributed by atoms with van der Waals surface area (Å²) in [7, 11) is 1.60. The third-order valence-electron chi connectivity index (χ3n) is 4.83. The van der Waals surface area contributed by atoms with Crippen molar-refractivity contribution in [3.8, 4) is 5.75 Å². The molecule has 0 radical (unpaired) electrons. The average Bonchev–Trinajstić information content (AvgIpc) is 2.82. The molecule has 6 heteroatoms. The van der Waals surface area contributed by atoms with Crippen molar-refractivity contribution in [2.75, 3.05) is 18.6 Å². The zero-order valence-corrected chi connectivity index (χ0v) is 14.5. The van der Waals surface area contributed by atoms with Crippen LogP contribution in [-0.4, -0.2) is 24.5 Å². The summed E-state index contributed by atoms with van der Waals surface area (Å²) in [6, 6.07) is 12.1. The van der Waals surface area contributed by atoms with Gasteiger partial charge in [0.25, 0.3) is 5.69 Å². The van der Waals surface area contributed by atoms with Crippen molar-refractivity contribution in [1.29, 1.82) is 0 Å². The number of carbonyl (C=O) groups is 1. The highest BCUT2D eigenvalue weighted by molar-refractivity contribution is 6.08. The topological polar surface area (TPSA) is 72.7 Å². The highest BCUT2D eigenvalue weighted by Gasteiger charge is 2.47. The van der Waals surface area contributed by atoms with Crippen LogP contribution in [0.2, 0.25) is 0 Å². The Bertz CT molecular complexity index is 832. The second kappa shape index (κ2) is 6.20. The molecule has 0 spiro atoms. The van der Waals surface area contributed by atoms with Gasteiger partial charge in [0.1, 0.15) is 5.75 Å². The smallest absolute Gasteiger partial charge is 0.269 e. The normalized spacial score (nSPS) is 19.0. The highest BCUT2D eigenvalue weighted by Crippen LogP contribution is 2.45. The Kier molecular flexibility index (Phi) is 4.20. The number of carbonyl (C=O) groups excluding carboxylic acids is 1. The molecule has 0 aliphatic carbocycles. The lowest BCUT2D eigenvalue weighted by Gasteiger charge is -2.24. The van der Waals surface area contributed by atoms with Gasteiger partial charge in [-0.05, 0) is 49.6 Å². The molecule has 0 aromatic heterocycles. The number of likely N-dealkylation sites (N-methyl/N-ethyl adjacent to an activating group) is 1. The molecule has 1 amide bonds. The minimum Gasteiger partial charge on any atom is -0.497 e. The molecule has 1 atom stereocenters. The van der Waals surface area contributed by atoms with Gasteiger partial charge in [0.2, 0.25) is 5.91 Å². The fraction of sp³-hybridized carbons (Fsp3) is 0.316. The molecule has 0 bridgehead atoms. The monoisotopic (exact) mass is 340 g/mol. The molecule has 130 valence electrons. The van der Waals surface area contributed by atoms with Gasteiger partial charge in [-0.15, -0.1) is 0 Å². The Morgan fingerprint density at radius 1 is 1.20 bits per heavy atom. The number of ether oxygens (including phenoxy) is 1. The van der Waals surface area contributed by atoms with Crippen molar-refractivity contribution in [1.82, 2.24) is 0 Å². The molecule has 6 nitrogen and oxygen atoms in total. The first-order valence-corrected chi connectivity index (χ1v) is 8.14. The van der Waals surface area contributed by atoms with Crippen LogP contribution in [0.4, 0.5) is 11.4 Å². The van der Waals surface area contributed by atoms with Gasteiger partial charge in [-0.25, -0.2) is 0 Å². The molecule has 0 saturated heterocycles. The van der Waals surface area contributed by atoms with Crippen LogP contribution in [0.1, 0.15) is 25.0 Å². The predicted molar refractivity (Wildman–Crippen MR) is 95.2 cm³/mol. The number of rotatable bonds is 5. The average molecular weight is 340 g/mol. The molecule has 25 heavy (non-hydrogen) atoms. The zero-order valence-electron chi connectivity index (χ0n) is 14.5. The number of anilines is 1. The maximum atomic E-state index is 13.1. The number of methoxy groups -OCH3 is 1. The number of fused-ring (bicyclic) bond motifs is 1. The van der Waals surface area contributed by atoms with E-state index in [0.717, 1.165) is 16.8 Å². The van der Waals surface area contributed by atoms with E-state index in [1.165, 1.54) is 12.1 Å². The molecule has 3 rings (SSSR count). The van der Waals surface area contributed by atoms with E-state index >= 15 is 0 Å². The first-order valence-electron chi connectivity index (χ1n) is 8.14. The van der Waals surface area contributed by atoms with Crippen molar-refractivity contribution < 1.29 is 14.5 Å². The van der Waals surface area contributed by atoms with E-state index < -0.39 is 10.3 Å². The SMILES string of the molecule is CCN1C(=O)[C@@](C)(Cc2ccc([N+](=O)[O-])cc2)c2cc(OC)ccc21. The summed E-state index contributed by atoms with van der Waals surface area (Å²) in [6.07, 6.45) is 0.473. The number of nitro benzene ring substituents is 1. The van der Waals surface area contributed by atoms with Crippen molar-refractivity contribution >= 4 is 17.3 Å². The first-order chi connectivity index (χ1) is 11.9. The van der Waals surface area contributed by atoms with Crippen LogP contribution in [0, 0.1) is 10.1 Å². The summed E-state index contributed by atoms with van der Waals surface area (Å²) in [5.41, 5.74) is 2.03. The number of non-ortho nitro benzene ring substituents is 1. The van der Waals surface area contributed by atoms with Crippen LogP contribution >= 0.6 is 0 Å². The van der Waals surface area contributed by atoms with Crippen LogP contribution in [0.25, 0.3) is 0 Å². The van der Waals surface area contributed by atoms with Crippen molar-refractivity contribution in [3.05, 3.63) is 63.7 Å². The molecule has 2 aromatic rings. The van der Waals surface area contributed by atoms with E-state index in [4.69, 9.17) is 4.74 Å². The van der Waals surface area contributed by atoms with Crippen LogP contribution in [0.15, 0.2) is 42.5 Å². The number of hydrogen-bond acceptors (Lipinski definition) is 4. The first kappa shape index (κ1) is 17.0. The molecule has 0 N–H and O–H groups in total. The zero-order chi connectivity index (χ0) is 18.2. The minimum atomic E-state index is -0.726. The van der Waals surface area contributed by atoms with Gasteiger partial charge in [0.05, 0.1) is 17.4 Å². The van der Waals surface area contributed by atoms with Crippen molar-refractivity contribution in [2.45, 2.75) is 25.7 Å². The Hall–Kier alpha value is -2.89. The predicted octanol–water partition coefficient (Wildman–Crippen LogP) is 3.47. The van der Waals surface area contributed by atoms with Gasteiger partial charge in [-0.3, -0.25) is 14.9 Å². The maximum absolute atomic E-state index is 13.1. The summed E-state index contributed by atoms with van der Waals surface area (Å²) in [5, 5.41) is 10.8. The fourth-order valence-electron chi connectivity index (χ4n) is 3.47. The third-order valence-corrected chi connectivity index (χ3v) is 4.83. The van der Waals surface area contributed by atoms with Gasteiger partial charge < -0.3 is 9.64 Å².